The summed E-state index contributed by atoms with van der Waals surface area (Å²) in [6, 6.07) is 4.06. The van der Waals surface area contributed by atoms with Crippen LogP contribution in [-0.4, -0.2) is 27.9 Å². The number of hydrogen-bond donors (Lipinski definition) is 1. The molecule has 3 heterocycles. The molecular formula is C17H22N4O. The molecule has 0 bridgehead atoms. The van der Waals surface area contributed by atoms with Crippen LogP contribution in [0.2, 0.25) is 0 Å². The highest BCUT2D eigenvalue weighted by Gasteiger charge is 2.27. The molecule has 4 rings (SSSR count). The van der Waals surface area contributed by atoms with E-state index in [1.807, 2.05) is 24.5 Å². The lowest BCUT2D eigenvalue weighted by atomic mass is 10.1. The molecule has 2 aromatic rings. The topological polar surface area (TPSA) is 52.0 Å². The first-order chi connectivity index (χ1) is 10.9. The number of rotatable bonds is 6. The number of pyridine rings is 1. The van der Waals surface area contributed by atoms with Crippen molar-refractivity contribution in [1.29, 1.82) is 0 Å². The molecule has 0 spiro atoms. The Labute approximate surface area is 130 Å². The number of ether oxygens (including phenoxy) is 1. The highest BCUT2D eigenvalue weighted by Crippen LogP contribution is 2.32. The highest BCUT2D eigenvalue weighted by molar-refractivity contribution is 5.22. The van der Waals surface area contributed by atoms with Gasteiger partial charge in [-0.05, 0) is 48.4 Å². The van der Waals surface area contributed by atoms with Crippen LogP contribution in [-0.2, 0) is 24.2 Å². The van der Waals surface area contributed by atoms with Crippen molar-refractivity contribution in [2.75, 3.05) is 13.2 Å². The van der Waals surface area contributed by atoms with Crippen molar-refractivity contribution in [2.45, 2.75) is 38.5 Å². The third-order valence-corrected chi connectivity index (χ3v) is 4.42. The molecule has 1 saturated carbocycles. The van der Waals surface area contributed by atoms with Crippen LogP contribution in [0.1, 0.15) is 35.8 Å². The van der Waals surface area contributed by atoms with Crippen LogP contribution in [0.3, 0.4) is 0 Å². The Kier molecular flexibility index (Phi) is 3.91. The largest absolute Gasteiger partial charge is 0.370 e. The normalized spacial score (nSPS) is 20.8. The van der Waals surface area contributed by atoms with Crippen molar-refractivity contribution in [1.82, 2.24) is 20.1 Å². The van der Waals surface area contributed by atoms with E-state index in [0.29, 0.717) is 0 Å². The highest BCUT2D eigenvalue weighted by atomic mass is 16.5. The number of hydrogen-bond acceptors (Lipinski definition) is 4. The Balaban J connectivity index is 1.37. The zero-order valence-electron chi connectivity index (χ0n) is 12.7. The van der Waals surface area contributed by atoms with Gasteiger partial charge in [-0.25, -0.2) is 0 Å². The van der Waals surface area contributed by atoms with Gasteiger partial charge in [0, 0.05) is 38.2 Å². The minimum absolute atomic E-state index is 0.0750. The average Bonchev–Trinajstić information content (AvgIpc) is 3.25. The van der Waals surface area contributed by atoms with E-state index >= 15 is 0 Å². The first-order valence-electron chi connectivity index (χ1n) is 8.16. The Morgan fingerprint density at radius 3 is 2.95 bits per heavy atom. The second-order valence-corrected chi connectivity index (χ2v) is 6.30. The third kappa shape index (κ3) is 3.20. The maximum absolute atomic E-state index is 5.93. The van der Waals surface area contributed by atoms with Crippen LogP contribution in [0.25, 0.3) is 0 Å². The Morgan fingerprint density at radius 1 is 1.27 bits per heavy atom. The van der Waals surface area contributed by atoms with Crippen molar-refractivity contribution >= 4 is 0 Å². The van der Waals surface area contributed by atoms with Crippen molar-refractivity contribution in [2.24, 2.45) is 5.92 Å². The van der Waals surface area contributed by atoms with Crippen LogP contribution in [0, 0.1) is 5.92 Å². The van der Waals surface area contributed by atoms with Gasteiger partial charge in [-0.3, -0.25) is 9.67 Å². The van der Waals surface area contributed by atoms with Gasteiger partial charge in [0.15, 0.2) is 0 Å². The van der Waals surface area contributed by atoms with E-state index in [1.165, 1.54) is 24.0 Å². The van der Waals surface area contributed by atoms with Crippen molar-refractivity contribution in [3.8, 4) is 0 Å². The summed E-state index contributed by atoms with van der Waals surface area (Å²) in [5, 5.41) is 8.25. The summed E-state index contributed by atoms with van der Waals surface area (Å²) >= 11 is 0. The number of nitrogens with zero attached hydrogens (tertiary/aromatic N) is 3. The first-order valence-corrected chi connectivity index (χ1v) is 8.16. The second kappa shape index (κ2) is 6.18. The van der Waals surface area contributed by atoms with Gasteiger partial charge in [0.1, 0.15) is 6.10 Å². The summed E-state index contributed by atoms with van der Waals surface area (Å²) in [6.45, 7) is 3.50. The van der Waals surface area contributed by atoms with Crippen LogP contribution < -0.4 is 5.32 Å². The zero-order valence-corrected chi connectivity index (χ0v) is 12.7. The summed E-state index contributed by atoms with van der Waals surface area (Å²) in [5.74, 6) is 0.852. The molecule has 0 saturated heterocycles. The molecule has 22 heavy (non-hydrogen) atoms. The van der Waals surface area contributed by atoms with E-state index < -0.39 is 0 Å². The fourth-order valence-electron chi connectivity index (χ4n) is 2.99. The summed E-state index contributed by atoms with van der Waals surface area (Å²) in [4.78, 5) is 4.04. The molecule has 1 N–H and O–H groups in total. The van der Waals surface area contributed by atoms with E-state index in [1.54, 1.807) is 0 Å². The van der Waals surface area contributed by atoms with Gasteiger partial charge in [0.05, 0.1) is 12.3 Å². The molecule has 0 aromatic carbocycles. The number of nitrogens with one attached hydrogen (secondary N) is 1. The SMILES string of the molecule is c1cc(CNC[C@H]2OCCc3cn(CC4CC4)nc32)ccn1. The molecule has 2 aromatic heterocycles. The van der Waals surface area contributed by atoms with Gasteiger partial charge in [-0.1, -0.05) is 0 Å². The fourth-order valence-corrected chi connectivity index (χ4v) is 2.99. The molecule has 5 heteroatoms. The molecule has 0 radical (unpaired) electrons. The molecule has 5 nitrogen and oxygen atoms in total. The van der Waals surface area contributed by atoms with E-state index in [-0.39, 0.29) is 6.10 Å². The minimum atomic E-state index is 0.0750. The van der Waals surface area contributed by atoms with Crippen LogP contribution in [0.4, 0.5) is 0 Å². The smallest absolute Gasteiger partial charge is 0.114 e. The van der Waals surface area contributed by atoms with Crippen molar-refractivity contribution < 1.29 is 4.74 Å². The predicted octanol–water partition coefficient (Wildman–Crippen LogP) is 2.09. The van der Waals surface area contributed by atoms with Gasteiger partial charge in [-0.2, -0.15) is 5.10 Å². The molecule has 1 aliphatic carbocycles. The third-order valence-electron chi connectivity index (χ3n) is 4.42. The van der Waals surface area contributed by atoms with Gasteiger partial charge < -0.3 is 10.1 Å². The lowest BCUT2D eigenvalue weighted by Crippen LogP contribution is -2.27. The van der Waals surface area contributed by atoms with E-state index in [0.717, 1.165) is 44.3 Å². The second-order valence-electron chi connectivity index (χ2n) is 6.30. The molecule has 1 fully saturated rings. The van der Waals surface area contributed by atoms with Crippen molar-refractivity contribution in [3.05, 3.63) is 47.5 Å². The fraction of sp³-hybridized carbons (Fsp3) is 0.529. The van der Waals surface area contributed by atoms with Crippen LogP contribution in [0.15, 0.2) is 30.7 Å². The van der Waals surface area contributed by atoms with Crippen LogP contribution >= 0.6 is 0 Å². The molecule has 2 aliphatic rings. The number of aromatic nitrogens is 3. The van der Waals surface area contributed by atoms with E-state index in [4.69, 9.17) is 9.84 Å². The lowest BCUT2D eigenvalue weighted by molar-refractivity contribution is 0.0393. The first kappa shape index (κ1) is 13.9. The zero-order chi connectivity index (χ0) is 14.8. The van der Waals surface area contributed by atoms with Gasteiger partial charge in [-0.15, -0.1) is 0 Å². The monoisotopic (exact) mass is 298 g/mol. The van der Waals surface area contributed by atoms with E-state index in [2.05, 4.69) is 21.2 Å². The maximum atomic E-state index is 5.93. The van der Waals surface area contributed by atoms with Crippen LogP contribution in [0.5, 0.6) is 0 Å². The maximum Gasteiger partial charge on any atom is 0.114 e. The summed E-state index contributed by atoms with van der Waals surface area (Å²) in [7, 11) is 0. The molecule has 0 unspecified atom stereocenters. The summed E-state index contributed by atoms with van der Waals surface area (Å²) < 4.78 is 8.06. The quantitative estimate of drug-likeness (QED) is 0.887. The minimum Gasteiger partial charge on any atom is -0.370 e. The van der Waals surface area contributed by atoms with Gasteiger partial charge >= 0.3 is 0 Å². The average molecular weight is 298 g/mol. The standard InChI is InChI=1S/C17H22N4O/c1-2-14(1)11-21-12-15-5-8-22-16(17(15)20-21)10-19-9-13-3-6-18-7-4-13/h3-4,6-7,12,14,16,19H,1-2,5,8-11H2/t16-/m1/s1. The van der Waals surface area contributed by atoms with Gasteiger partial charge in [0.25, 0.3) is 0 Å². The van der Waals surface area contributed by atoms with Gasteiger partial charge in [0.2, 0.25) is 0 Å². The Bertz CT molecular complexity index is 621. The molecule has 1 aliphatic heterocycles. The predicted molar refractivity (Wildman–Crippen MR) is 83.3 cm³/mol. The molecule has 116 valence electrons. The molecular weight excluding hydrogens is 276 g/mol. The Hall–Kier alpha value is -1.72. The van der Waals surface area contributed by atoms with E-state index in [9.17, 15) is 0 Å². The summed E-state index contributed by atoms with van der Waals surface area (Å²) in [6.07, 6.45) is 9.66. The molecule has 0 amide bonds. The van der Waals surface area contributed by atoms with Crippen molar-refractivity contribution in [3.63, 3.8) is 0 Å². The Morgan fingerprint density at radius 2 is 2.14 bits per heavy atom. The lowest BCUT2D eigenvalue weighted by Gasteiger charge is -2.22. The summed E-state index contributed by atoms with van der Waals surface area (Å²) in [5.41, 5.74) is 3.74. The number of fused-ring (bicyclic) bond motifs is 1. The molecule has 1 atom stereocenters.